The van der Waals surface area contributed by atoms with Crippen molar-refractivity contribution in [2.24, 2.45) is 4.99 Å². The van der Waals surface area contributed by atoms with Crippen molar-refractivity contribution >= 4 is 16.8 Å². The van der Waals surface area contributed by atoms with Crippen LogP contribution in [-0.2, 0) is 23.0 Å². The van der Waals surface area contributed by atoms with Gasteiger partial charge in [0.05, 0.1) is 0 Å². The Hall–Kier alpha value is -2.21. The lowest BCUT2D eigenvalue weighted by molar-refractivity contribution is 0.680. The third-order valence-corrected chi connectivity index (χ3v) is 4.73. The van der Waals surface area contributed by atoms with Crippen molar-refractivity contribution in [3.8, 4) is 0 Å². The Morgan fingerprint density at radius 1 is 1.08 bits per heavy atom. The summed E-state index contributed by atoms with van der Waals surface area (Å²) >= 11 is 0. The Morgan fingerprint density at radius 3 is 2.54 bits per heavy atom. The van der Waals surface area contributed by atoms with Crippen LogP contribution in [0.5, 0.6) is 0 Å². The average molecular weight is 344 g/mol. The van der Waals surface area contributed by atoms with Gasteiger partial charge in [-0.05, 0) is 17.7 Å². The standard InChI is InChI=1S/C18H24N4OS/c1-19-18(21-12-10-17-9-5-6-11-20-17)22-13-14-24(23)15-16-7-3-2-4-8-16/h2-9,11H,10,12-15H2,1H3,(H2,19,21,22). The molecule has 1 heterocycles. The zero-order chi connectivity index (χ0) is 17.0. The summed E-state index contributed by atoms with van der Waals surface area (Å²) in [4.78, 5) is 8.46. The highest BCUT2D eigenvalue weighted by Gasteiger charge is 2.03. The summed E-state index contributed by atoms with van der Waals surface area (Å²) in [6.07, 6.45) is 2.63. The van der Waals surface area contributed by atoms with E-state index in [-0.39, 0.29) is 0 Å². The summed E-state index contributed by atoms with van der Waals surface area (Å²) < 4.78 is 12.1. The van der Waals surface area contributed by atoms with E-state index in [4.69, 9.17) is 0 Å². The fourth-order valence-corrected chi connectivity index (χ4v) is 3.23. The van der Waals surface area contributed by atoms with E-state index < -0.39 is 10.8 Å². The normalized spacial score (nSPS) is 12.6. The first kappa shape index (κ1) is 18.1. The molecule has 0 saturated heterocycles. The highest BCUT2D eigenvalue weighted by molar-refractivity contribution is 7.84. The van der Waals surface area contributed by atoms with Crippen LogP contribution in [-0.4, -0.2) is 41.0 Å². The Kier molecular flexibility index (Phi) is 7.97. The molecule has 0 aliphatic heterocycles. The van der Waals surface area contributed by atoms with E-state index in [2.05, 4.69) is 20.6 Å². The van der Waals surface area contributed by atoms with E-state index in [1.807, 2.05) is 48.5 Å². The molecule has 0 radical (unpaired) electrons. The summed E-state index contributed by atoms with van der Waals surface area (Å²) in [5, 5.41) is 6.44. The zero-order valence-corrected chi connectivity index (χ0v) is 14.8. The second-order valence-corrected chi connectivity index (χ2v) is 6.85. The van der Waals surface area contributed by atoms with Gasteiger partial charge in [0.25, 0.3) is 0 Å². The molecule has 1 unspecified atom stereocenters. The van der Waals surface area contributed by atoms with Gasteiger partial charge < -0.3 is 10.6 Å². The van der Waals surface area contributed by atoms with Crippen LogP contribution in [0.2, 0.25) is 0 Å². The number of aliphatic imine (C=N–C) groups is 1. The first-order valence-corrected chi connectivity index (χ1v) is 9.50. The van der Waals surface area contributed by atoms with Crippen molar-refractivity contribution in [1.29, 1.82) is 0 Å². The topological polar surface area (TPSA) is 66.4 Å². The summed E-state index contributed by atoms with van der Waals surface area (Å²) in [5.74, 6) is 1.91. The molecule has 24 heavy (non-hydrogen) atoms. The molecular weight excluding hydrogens is 320 g/mol. The molecule has 2 aromatic rings. The maximum atomic E-state index is 12.1. The lowest BCUT2D eigenvalue weighted by Crippen LogP contribution is -2.40. The van der Waals surface area contributed by atoms with E-state index in [0.717, 1.165) is 30.2 Å². The maximum Gasteiger partial charge on any atom is 0.191 e. The molecule has 1 aromatic carbocycles. The van der Waals surface area contributed by atoms with Crippen molar-refractivity contribution in [3.05, 3.63) is 66.0 Å². The predicted octanol–water partition coefficient (Wildman–Crippen LogP) is 1.74. The minimum atomic E-state index is -0.880. The average Bonchev–Trinajstić information content (AvgIpc) is 2.62. The predicted molar refractivity (Wildman–Crippen MR) is 100 cm³/mol. The molecule has 2 rings (SSSR count). The smallest absolute Gasteiger partial charge is 0.191 e. The summed E-state index contributed by atoms with van der Waals surface area (Å²) in [6, 6.07) is 15.8. The van der Waals surface area contributed by atoms with Crippen molar-refractivity contribution in [2.45, 2.75) is 12.2 Å². The van der Waals surface area contributed by atoms with Crippen molar-refractivity contribution in [3.63, 3.8) is 0 Å². The van der Waals surface area contributed by atoms with E-state index >= 15 is 0 Å². The highest BCUT2D eigenvalue weighted by atomic mass is 32.2. The number of nitrogens with one attached hydrogen (secondary N) is 2. The summed E-state index contributed by atoms with van der Waals surface area (Å²) in [6.45, 7) is 1.38. The second kappa shape index (κ2) is 10.5. The monoisotopic (exact) mass is 344 g/mol. The molecule has 0 aliphatic carbocycles. The highest BCUT2D eigenvalue weighted by Crippen LogP contribution is 2.02. The number of rotatable bonds is 8. The molecule has 5 nitrogen and oxygen atoms in total. The van der Waals surface area contributed by atoms with Crippen LogP contribution >= 0.6 is 0 Å². The number of hydrogen-bond acceptors (Lipinski definition) is 3. The third kappa shape index (κ3) is 6.91. The first-order valence-electron chi connectivity index (χ1n) is 8.01. The van der Waals surface area contributed by atoms with Gasteiger partial charge in [0.1, 0.15) is 0 Å². The van der Waals surface area contributed by atoms with E-state index in [1.165, 1.54) is 0 Å². The number of benzene rings is 1. The second-order valence-electron chi connectivity index (χ2n) is 5.27. The molecule has 2 N–H and O–H groups in total. The molecule has 1 atom stereocenters. The van der Waals surface area contributed by atoms with Gasteiger partial charge in [-0.15, -0.1) is 0 Å². The SMILES string of the molecule is CN=C(NCCc1ccccn1)NCCS(=O)Cc1ccccc1. The van der Waals surface area contributed by atoms with Crippen molar-refractivity contribution in [2.75, 3.05) is 25.9 Å². The van der Waals surface area contributed by atoms with E-state index in [9.17, 15) is 4.21 Å². The molecular formula is C18H24N4OS. The maximum absolute atomic E-state index is 12.1. The van der Waals surface area contributed by atoms with Gasteiger partial charge >= 0.3 is 0 Å². The molecule has 6 heteroatoms. The minimum Gasteiger partial charge on any atom is -0.356 e. The van der Waals surface area contributed by atoms with Crippen LogP contribution in [0.25, 0.3) is 0 Å². The molecule has 0 saturated carbocycles. The van der Waals surface area contributed by atoms with Crippen LogP contribution in [0.3, 0.4) is 0 Å². The van der Waals surface area contributed by atoms with Gasteiger partial charge in [0.15, 0.2) is 5.96 Å². The van der Waals surface area contributed by atoms with Crippen LogP contribution in [0.4, 0.5) is 0 Å². The number of nitrogens with zero attached hydrogens (tertiary/aromatic N) is 2. The quantitative estimate of drug-likeness (QED) is 0.565. The molecule has 0 aliphatic rings. The Morgan fingerprint density at radius 2 is 1.83 bits per heavy atom. The number of guanidine groups is 1. The van der Waals surface area contributed by atoms with Crippen LogP contribution in [0.1, 0.15) is 11.3 Å². The third-order valence-electron chi connectivity index (χ3n) is 3.42. The summed E-state index contributed by atoms with van der Waals surface area (Å²) in [5.41, 5.74) is 2.15. The fraction of sp³-hybridized carbons (Fsp3) is 0.333. The lowest BCUT2D eigenvalue weighted by atomic mass is 10.2. The molecule has 0 fully saturated rings. The number of pyridine rings is 1. The van der Waals surface area contributed by atoms with Gasteiger partial charge in [-0.25, -0.2) is 0 Å². The van der Waals surface area contributed by atoms with Crippen LogP contribution < -0.4 is 10.6 Å². The fourth-order valence-electron chi connectivity index (χ4n) is 2.19. The molecule has 0 bridgehead atoms. The van der Waals surface area contributed by atoms with Crippen molar-refractivity contribution in [1.82, 2.24) is 15.6 Å². The zero-order valence-electron chi connectivity index (χ0n) is 13.9. The van der Waals surface area contributed by atoms with E-state index in [1.54, 1.807) is 13.2 Å². The van der Waals surface area contributed by atoms with Gasteiger partial charge in [-0.2, -0.15) is 0 Å². The first-order chi connectivity index (χ1) is 11.8. The summed E-state index contributed by atoms with van der Waals surface area (Å²) in [7, 11) is 0.853. The molecule has 0 amide bonds. The van der Waals surface area contributed by atoms with Crippen LogP contribution in [0, 0.1) is 0 Å². The van der Waals surface area contributed by atoms with Gasteiger partial charge in [0, 0.05) is 60.8 Å². The Balaban J connectivity index is 1.63. The van der Waals surface area contributed by atoms with Gasteiger partial charge in [0.2, 0.25) is 0 Å². The number of aromatic nitrogens is 1. The van der Waals surface area contributed by atoms with Crippen LogP contribution in [0.15, 0.2) is 59.7 Å². The van der Waals surface area contributed by atoms with Gasteiger partial charge in [-0.3, -0.25) is 14.2 Å². The lowest BCUT2D eigenvalue weighted by Gasteiger charge is -2.11. The van der Waals surface area contributed by atoms with E-state index in [0.29, 0.717) is 18.1 Å². The Bertz CT molecular complexity index is 647. The molecule has 1 aromatic heterocycles. The Labute approximate surface area is 146 Å². The molecule has 128 valence electrons. The molecule has 0 spiro atoms. The van der Waals surface area contributed by atoms with Crippen molar-refractivity contribution < 1.29 is 4.21 Å². The largest absolute Gasteiger partial charge is 0.356 e. The minimum absolute atomic E-state index is 0.591. The van der Waals surface area contributed by atoms with Gasteiger partial charge in [-0.1, -0.05) is 36.4 Å². The number of hydrogen-bond donors (Lipinski definition) is 2.